The largest absolute Gasteiger partial charge is 0.508 e. The summed E-state index contributed by atoms with van der Waals surface area (Å²) in [4.78, 5) is 19.4. The van der Waals surface area contributed by atoms with Crippen molar-refractivity contribution in [2.45, 2.75) is 62.8 Å². The van der Waals surface area contributed by atoms with Gasteiger partial charge < -0.3 is 20.1 Å². The maximum atomic E-state index is 14.5. The number of nitrogens with one attached hydrogen (secondary N) is 1. The van der Waals surface area contributed by atoms with E-state index in [4.69, 9.17) is 31.3 Å². The van der Waals surface area contributed by atoms with Crippen molar-refractivity contribution in [3.8, 4) is 23.0 Å². The third-order valence-corrected chi connectivity index (χ3v) is 10.1. The summed E-state index contributed by atoms with van der Waals surface area (Å²) in [6, 6.07) is 12.5. The zero-order chi connectivity index (χ0) is 28.6. The molecule has 6 heterocycles. The molecule has 218 valence electrons. The molecule has 4 atom stereocenters. The van der Waals surface area contributed by atoms with Crippen LogP contribution in [-0.2, 0) is 0 Å². The molecule has 8 rings (SSSR count). The van der Waals surface area contributed by atoms with Gasteiger partial charge in [-0.15, -0.1) is 0 Å². The number of ether oxygens (including phenoxy) is 1. The van der Waals surface area contributed by atoms with Gasteiger partial charge in [0, 0.05) is 49.3 Å². The van der Waals surface area contributed by atoms with Gasteiger partial charge in [-0.05, 0) is 62.1 Å². The SMILES string of the molecule is Cc1c(-c2cc(O)cc3ccccc23)nc(Cl)c2c(N3CC4CCC(C3)N4)nc(OC[C@@]34CCCN3C[C@H](F)C4)nc12. The highest BCUT2D eigenvalue weighted by Crippen LogP contribution is 2.43. The molecule has 2 aromatic heterocycles. The first-order chi connectivity index (χ1) is 20.4. The average molecular weight is 589 g/mol. The molecule has 0 spiro atoms. The summed E-state index contributed by atoms with van der Waals surface area (Å²) >= 11 is 7.02. The molecular weight excluding hydrogens is 555 g/mol. The predicted octanol–water partition coefficient (Wildman–Crippen LogP) is 5.41. The summed E-state index contributed by atoms with van der Waals surface area (Å²) in [6.07, 6.45) is 3.89. The quantitative estimate of drug-likeness (QED) is 0.299. The number of fused-ring (bicyclic) bond motifs is 5. The van der Waals surface area contributed by atoms with Crippen LogP contribution in [-0.4, -0.2) is 81.5 Å². The van der Waals surface area contributed by atoms with Crippen molar-refractivity contribution >= 4 is 39.1 Å². The molecular formula is C32H34ClFN6O2. The molecule has 4 saturated heterocycles. The number of nitrogens with zero attached hydrogens (tertiary/aromatic N) is 5. The number of aromatic nitrogens is 3. The number of aryl methyl sites for hydroxylation is 1. The monoisotopic (exact) mass is 588 g/mol. The van der Waals surface area contributed by atoms with Crippen LogP contribution in [0.4, 0.5) is 10.2 Å². The molecule has 0 saturated carbocycles. The molecule has 4 aliphatic heterocycles. The first-order valence-electron chi connectivity index (χ1n) is 15.0. The summed E-state index contributed by atoms with van der Waals surface area (Å²) < 4.78 is 20.9. The standard InChI is InChI=1S/C32H34ClFN6O2/c1-18-27(25-12-23(41)11-19-5-2-3-6-24(19)25)36-29(33)26-28(18)37-31(38-30(26)39-15-21-7-8-22(16-39)35-21)42-17-32-9-4-10-40(32)14-20(34)13-32/h2-3,5-6,11-12,20-22,35,41H,4,7-10,13-17H2,1H3/t20-,21?,22?,32+/m1/s1. The maximum absolute atomic E-state index is 14.5. The Bertz CT molecular complexity index is 1710. The molecule has 2 aromatic carbocycles. The van der Waals surface area contributed by atoms with Crippen molar-refractivity contribution in [3.63, 3.8) is 0 Å². The van der Waals surface area contributed by atoms with E-state index in [1.165, 1.54) is 0 Å². The van der Waals surface area contributed by atoms with Gasteiger partial charge in [0.05, 0.1) is 22.1 Å². The minimum atomic E-state index is -0.829. The first kappa shape index (κ1) is 26.4. The Kier molecular flexibility index (Phi) is 6.21. The van der Waals surface area contributed by atoms with Gasteiger partial charge in [0.25, 0.3) is 0 Å². The number of rotatable bonds is 5. The number of aromatic hydroxyl groups is 1. The number of pyridine rings is 1. The third-order valence-electron chi connectivity index (χ3n) is 9.84. The number of phenols is 1. The van der Waals surface area contributed by atoms with Gasteiger partial charge in [-0.3, -0.25) is 4.90 Å². The second-order valence-corrected chi connectivity index (χ2v) is 12.9. The lowest BCUT2D eigenvalue weighted by atomic mass is 9.95. The number of halogens is 2. The average Bonchev–Trinajstić information content (AvgIpc) is 3.63. The normalized spacial score (nSPS) is 27.3. The molecule has 2 N–H and O–H groups in total. The molecule has 42 heavy (non-hydrogen) atoms. The number of piperazine rings is 1. The van der Waals surface area contributed by atoms with E-state index in [-0.39, 0.29) is 17.3 Å². The number of benzene rings is 2. The minimum absolute atomic E-state index is 0.160. The van der Waals surface area contributed by atoms with Gasteiger partial charge in [0.15, 0.2) is 0 Å². The van der Waals surface area contributed by atoms with Gasteiger partial charge in [0.2, 0.25) is 0 Å². The lowest BCUT2D eigenvalue weighted by Crippen LogP contribution is -2.51. The fraction of sp³-hybridized carbons (Fsp3) is 0.469. The summed E-state index contributed by atoms with van der Waals surface area (Å²) in [5.41, 5.74) is 2.66. The van der Waals surface area contributed by atoms with E-state index in [0.717, 1.165) is 73.0 Å². The highest BCUT2D eigenvalue weighted by Gasteiger charge is 2.49. The number of hydrogen-bond acceptors (Lipinski definition) is 8. The van der Waals surface area contributed by atoms with Crippen molar-refractivity contribution in [1.82, 2.24) is 25.2 Å². The lowest BCUT2D eigenvalue weighted by molar-refractivity contribution is 0.107. The molecule has 4 fully saturated rings. The van der Waals surface area contributed by atoms with E-state index in [1.54, 1.807) is 12.1 Å². The van der Waals surface area contributed by atoms with E-state index in [2.05, 4.69) is 15.1 Å². The van der Waals surface area contributed by atoms with Crippen molar-refractivity contribution in [1.29, 1.82) is 0 Å². The number of hydrogen-bond donors (Lipinski definition) is 2. The Morgan fingerprint density at radius 3 is 2.76 bits per heavy atom. The summed E-state index contributed by atoms with van der Waals surface area (Å²) in [5, 5.41) is 17.2. The minimum Gasteiger partial charge on any atom is -0.508 e. The van der Waals surface area contributed by atoms with E-state index < -0.39 is 6.17 Å². The Morgan fingerprint density at radius 2 is 1.93 bits per heavy atom. The Labute approximate surface area is 248 Å². The zero-order valence-electron chi connectivity index (χ0n) is 23.6. The van der Waals surface area contributed by atoms with Crippen molar-refractivity contribution < 1.29 is 14.2 Å². The molecule has 4 aromatic rings. The van der Waals surface area contributed by atoms with Crippen LogP contribution in [0.3, 0.4) is 0 Å². The van der Waals surface area contributed by atoms with Crippen LogP contribution in [0.2, 0.25) is 5.15 Å². The van der Waals surface area contributed by atoms with Gasteiger partial charge in [0.1, 0.15) is 29.5 Å². The summed E-state index contributed by atoms with van der Waals surface area (Å²) in [7, 11) is 0. The summed E-state index contributed by atoms with van der Waals surface area (Å²) in [6.45, 7) is 5.35. The number of alkyl halides is 1. The van der Waals surface area contributed by atoms with Crippen molar-refractivity contribution in [2.75, 3.05) is 37.7 Å². The van der Waals surface area contributed by atoms with Crippen LogP contribution < -0.4 is 15.0 Å². The topological polar surface area (TPSA) is 86.6 Å². The molecule has 0 amide bonds. The van der Waals surface area contributed by atoms with E-state index in [0.29, 0.717) is 53.4 Å². The Morgan fingerprint density at radius 1 is 1.12 bits per heavy atom. The van der Waals surface area contributed by atoms with Crippen LogP contribution >= 0.6 is 11.6 Å². The van der Waals surface area contributed by atoms with Crippen LogP contribution in [0.5, 0.6) is 11.8 Å². The summed E-state index contributed by atoms with van der Waals surface area (Å²) in [5.74, 6) is 0.893. The lowest BCUT2D eigenvalue weighted by Gasteiger charge is -2.35. The molecule has 0 radical (unpaired) electrons. The number of anilines is 1. The third kappa shape index (κ3) is 4.28. The molecule has 10 heteroatoms. The van der Waals surface area contributed by atoms with Crippen LogP contribution in [0.1, 0.15) is 37.7 Å². The molecule has 0 aliphatic carbocycles. The molecule has 4 aliphatic rings. The van der Waals surface area contributed by atoms with Gasteiger partial charge >= 0.3 is 6.01 Å². The number of phenolic OH excluding ortho intramolecular Hbond substituents is 1. The first-order valence-corrected chi connectivity index (χ1v) is 15.4. The molecule has 2 unspecified atom stereocenters. The van der Waals surface area contributed by atoms with Crippen molar-refractivity contribution in [3.05, 3.63) is 47.1 Å². The fourth-order valence-electron chi connectivity index (χ4n) is 7.90. The second kappa shape index (κ2) is 9.89. The molecule has 2 bridgehead atoms. The Balaban J connectivity index is 1.27. The maximum Gasteiger partial charge on any atom is 0.319 e. The van der Waals surface area contributed by atoms with Crippen LogP contribution in [0, 0.1) is 6.92 Å². The molecule has 8 nitrogen and oxygen atoms in total. The van der Waals surface area contributed by atoms with E-state index >= 15 is 0 Å². The Hall–Kier alpha value is -3.27. The van der Waals surface area contributed by atoms with Crippen LogP contribution in [0.15, 0.2) is 36.4 Å². The highest BCUT2D eigenvalue weighted by atomic mass is 35.5. The van der Waals surface area contributed by atoms with E-state index in [1.807, 2.05) is 31.2 Å². The smallest absolute Gasteiger partial charge is 0.319 e. The van der Waals surface area contributed by atoms with Gasteiger partial charge in [-0.1, -0.05) is 35.9 Å². The van der Waals surface area contributed by atoms with E-state index in [9.17, 15) is 9.50 Å². The predicted molar refractivity (Wildman–Crippen MR) is 162 cm³/mol. The fourth-order valence-corrected chi connectivity index (χ4v) is 8.16. The van der Waals surface area contributed by atoms with Gasteiger partial charge in [-0.2, -0.15) is 9.97 Å². The van der Waals surface area contributed by atoms with Crippen LogP contribution in [0.25, 0.3) is 32.9 Å². The zero-order valence-corrected chi connectivity index (χ0v) is 24.4. The highest BCUT2D eigenvalue weighted by molar-refractivity contribution is 6.35. The second-order valence-electron chi connectivity index (χ2n) is 12.6. The van der Waals surface area contributed by atoms with Crippen molar-refractivity contribution in [2.24, 2.45) is 0 Å². The van der Waals surface area contributed by atoms with Gasteiger partial charge in [-0.25, -0.2) is 9.37 Å².